The van der Waals surface area contributed by atoms with Crippen molar-refractivity contribution in [3.05, 3.63) is 34.4 Å². The molecular formula is C10H5Cl2N3O. The summed E-state index contributed by atoms with van der Waals surface area (Å²) in [5.41, 5.74) is 1.86. The highest BCUT2D eigenvalue weighted by atomic mass is 35.5. The number of hydrogen-bond donors (Lipinski definition) is 1. The van der Waals surface area contributed by atoms with Crippen LogP contribution in [0.1, 0.15) is 0 Å². The first kappa shape index (κ1) is 9.69. The fraction of sp³-hybridized carbons (Fsp3) is 0. The van der Waals surface area contributed by atoms with Crippen molar-refractivity contribution in [2.45, 2.75) is 0 Å². The average Bonchev–Trinajstić information content (AvgIpc) is 2.84. The highest BCUT2D eigenvalue weighted by molar-refractivity contribution is 6.42. The van der Waals surface area contributed by atoms with E-state index in [2.05, 4.69) is 15.2 Å². The van der Waals surface area contributed by atoms with E-state index >= 15 is 0 Å². The van der Waals surface area contributed by atoms with Gasteiger partial charge in [0.05, 0.1) is 0 Å². The van der Waals surface area contributed by atoms with Gasteiger partial charge in [-0.15, -0.1) is 0 Å². The maximum atomic E-state index is 5.95. The number of aromatic amines is 1. The molecule has 0 bridgehead atoms. The lowest BCUT2D eigenvalue weighted by Crippen LogP contribution is -1.77. The van der Waals surface area contributed by atoms with E-state index in [1.165, 1.54) is 0 Å². The van der Waals surface area contributed by atoms with E-state index in [0.717, 1.165) is 5.52 Å². The SMILES string of the molecule is Clc1[nH]nc(-c2nc3ccccc3o2)c1Cl. The normalized spacial score (nSPS) is 11.1. The molecule has 4 nitrogen and oxygen atoms in total. The maximum absolute atomic E-state index is 5.95. The molecule has 0 unspecified atom stereocenters. The molecule has 0 aliphatic heterocycles. The van der Waals surface area contributed by atoms with Crippen molar-refractivity contribution >= 4 is 34.3 Å². The molecule has 0 saturated carbocycles. The third-order valence-electron chi connectivity index (χ3n) is 2.16. The molecule has 16 heavy (non-hydrogen) atoms. The standard InChI is InChI=1S/C10H5Cl2N3O/c11-7-8(14-15-9(7)12)10-13-5-3-1-2-4-6(5)16-10/h1-4H,(H,14,15). The van der Waals surface area contributed by atoms with Crippen LogP contribution < -0.4 is 0 Å². The summed E-state index contributed by atoms with van der Waals surface area (Å²) in [5.74, 6) is 0.356. The summed E-state index contributed by atoms with van der Waals surface area (Å²) in [6.07, 6.45) is 0. The van der Waals surface area contributed by atoms with Gasteiger partial charge in [0.15, 0.2) is 11.3 Å². The second-order valence-electron chi connectivity index (χ2n) is 3.19. The number of benzene rings is 1. The van der Waals surface area contributed by atoms with Crippen LogP contribution in [0.3, 0.4) is 0 Å². The Hall–Kier alpha value is -1.52. The molecule has 0 aliphatic rings. The van der Waals surface area contributed by atoms with E-state index in [4.69, 9.17) is 27.6 Å². The fourth-order valence-corrected chi connectivity index (χ4v) is 1.72. The molecule has 0 amide bonds. The lowest BCUT2D eigenvalue weighted by molar-refractivity contribution is 0.616. The Labute approximate surface area is 100 Å². The number of H-pyrrole nitrogens is 1. The molecule has 0 saturated heterocycles. The number of rotatable bonds is 1. The molecule has 2 aromatic heterocycles. The van der Waals surface area contributed by atoms with Crippen molar-refractivity contribution in [3.63, 3.8) is 0 Å². The minimum atomic E-state index is 0.277. The minimum absolute atomic E-state index is 0.277. The van der Waals surface area contributed by atoms with Gasteiger partial charge in [0, 0.05) is 0 Å². The Morgan fingerprint density at radius 2 is 2.00 bits per heavy atom. The number of aromatic nitrogens is 3. The number of fused-ring (bicyclic) bond motifs is 1. The summed E-state index contributed by atoms with van der Waals surface area (Å²) in [5, 5.41) is 7.09. The third-order valence-corrected chi connectivity index (χ3v) is 2.90. The monoisotopic (exact) mass is 253 g/mol. The Morgan fingerprint density at radius 3 is 2.69 bits per heavy atom. The van der Waals surface area contributed by atoms with Gasteiger partial charge < -0.3 is 4.42 Å². The Bertz CT molecular complexity index is 626. The largest absolute Gasteiger partial charge is 0.435 e. The molecule has 2 heterocycles. The van der Waals surface area contributed by atoms with E-state index in [-0.39, 0.29) is 5.15 Å². The first-order valence-corrected chi connectivity index (χ1v) is 5.26. The van der Waals surface area contributed by atoms with E-state index in [0.29, 0.717) is 22.2 Å². The average molecular weight is 254 g/mol. The smallest absolute Gasteiger partial charge is 0.249 e. The zero-order valence-corrected chi connectivity index (χ0v) is 9.38. The van der Waals surface area contributed by atoms with Crippen molar-refractivity contribution in [2.75, 3.05) is 0 Å². The lowest BCUT2D eigenvalue weighted by atomic mass is 10.3. The van der Waals surface area contributed by atoms with Crippen LogP contribution in [0.25, 0.3) is 22.7 Å². The van der Waals surface area contributed by atoms with Crippen molar-refractivity contribution in [2.24, 2.45) is 0 Å². The summed E-state index contributed by atoms with van der Waals surface area (Å²) in [4.78, 5) is 4.26. The van der Waals surface area contributed by atoms with Crippen molar-refractivity contribution in [3.8, 4) is 11.6 Å². The van der Waals surface area contributed by atoms with Crippen LogP contribution in [0.5, 0.6) is 0 Å². The van der Waals surface area contributed by atoms with Gasteiger partial charge in [0.1, 0.15) is 15.7 Å². The lowest BCUT2D eigenvalue weighted by Gasteiger charge is -1.87. The van der Waals surface area contributed by atoms with Crippen LogP contribution >= 0.6 is 23.2 Å². The highest BCUT2D eigenvalue weighted by Crippen LogP contribution is 2.32. The van der Waals surface area contributed by atoms with Crippen molar-refractivity contribution in [1.82, 2.24) is 15.2 Å². The van der Waals surface area contributed by atoms with Gasteiger partial charge in [-0.05, 0) is 12.1 Å². The molecule has 3 aromatic rings. The van der Waals surface area contributed by atoms with E-state index in [1.54, 1.807) is 0 Å². The molecule has 3 rings (SSSR count). The van der Waals surface area contributed by atoms with Gasteiger partial charge in [-0.25, -0.2) is 4.98 Å². The highest BCUT2D eigenvalue weighted by Gasteiger charge is 2.16. The van der Waals surface area contributed by atoms with Gasteiger partial charge in [0.25, 0.3) is 0 Å². The topological polar surface area (TPSA) is 54.7 Å². The maximum Gasteiger partial charge on any atom is 0.249 e. The first-order chi connectivity index (χ1) is 7.75. The molecule has 6 heteroatoms. The van der Waals surface area contributed by atoms with E-state index in [1.807, 2.05) is 24.3 Å². The van der Waals surface area contributed by atoms with E-state index in [9.17, 15) is 0 Å². The number of halogens is 2. The predicted molar refractivity (Wildman–Crippen MR) is 61.6 cm³/mol. The molecule has 1 N–H and O–H groups in total. The van der Waals surface area contributed by atoms with Gasteiger partial charge in [-0.3, -0.25) is 5.10 Å². The number of oxazole rings is 1. The first-order valence-electron chi connectivity index (χ1n) is 4.51. The molecule has 80 valence electrons. The number of para-hydroxylation sites is 2. The van der Waals surface area contributed by atoms with Gasteiger partial charge >= 0.3 is 0 Å². The molecule has 0 spiro atoms. The zero-order chi connectivity index (χ0) is 11.1. The van der Waals surface area contributed by atoms with Crippen LogP contribution in [0.4, 0.5) is 0 Å². The summed E-state index contributed by atoms with van der Waals surface area (Å²) in [6.45, 7) is 0. The summed E-state index contributed by atoms with van der Waals surface area (Å²) < 4.78 is 5.51. The molecular weight excluding hydrogens is 249 g/mol. The third kappa shape index (κ3) is 1.38. The van der Waals surface area contributed by atoms with Crippen molar-refractivity contribution in [1.29, 1.82) is 0 Å². The summed E-state index contributed by atoms with van der Waals surface area (Å²) in [6, 6.07) is 7.43. The zero-order valence-electron chi connectivity index (χ0n) is 7.87. The van der Waals surface area contributed by atoms with Crippen LogP contribution in [0.2, 0.25) is 10.2 Å². The second-order valence-corrected chi connectivity index (χ2v) is 3.94. The fourth-order valence-electron chi connectivity index (χ4n) is 1.42. The van der Waals surface area contributed by atoms with Crippen LogP contribution in [-0.2, 0) is 0 Å². The molecule has 0 aliphatic carbocycles. The second kappa shape index (κ2) is 3.50. The molecule has 0 radical (unpaired) electrons. The Balaban J connectivity index is 2.23. The number of nitrogens with one attached hydrogen (secondary N) is 1. The van der Waals surface area contributed by atoms with Gasteiger partial charge in [0.2, 0.25) is 5.89 Å². The molecule has 0 atom stereocenters. The quantitative estimate of drug-likeness (QED) is 0.722. The van der Waals surface area contributed by atoms with Gasteiger partial charge in [-0.1, -0.05) is 35.3 Å². The summed E-state index contributed by atoms with van der Waals surface area (Å²) >= 11 is 11.7. The minimum Gasteiger partial charge on any atom is -0.435 e. The Kier molecular flexibility index (Phi) is 2.12. The van der Waals surface area contributed by atoms with Gasteiger partial charge in [-0.2, -0.15) is 5.10 Å². The van der Waals surface area contributed by atoms with Crippen LogP contribution in [0.15, 0.2) is 28.7 Å². The van der Waals surface area contributed by atoms with Crippen LogP contribution in [0, 0.1) is 0 Å². The van der Waals surface area contributed by atoms with Crippen LogP contribution in [-0.4, -0.2) is 15.2 Å². The summed E-state index contributed by atoms with van der Waals surface area (Å²) in [7, 11) is 0. The number of nitrogens with zero attached hydrogens (tertiary/aromatic N) is 2. The molecule has 1 aromatic carbocycles. The number of hydrogen-bond acceptors (Lipinski definition) is 3. The Morgan fingerprint density at radius 1 is 1.19 bits per heavy atom. The van der Waals surface area contributed by atoms with E-state index < -0.39 is 0 Å². The molecule has 0 fully saturated rings. The van der Waals surface area contributed by atoms with Crippen molar-refractivity contribution < 1.29 is 4.42 Å². The predicted octanol–water partition coefficient (Wildman–Crippen LogP) is 3.52.